The van der Waals surface area contributed by atoms with Crippen molar-refractivity contribution in [1.29, 1.82) is 0 Å². The van der Waals surface area contributed by atoms with Gasteiger partial charge in [-0.25, -0.2) is 4.79 Å². The maximum atomic E-state index is 12.1. The normalized spacial score (nSPS) is 15.2. The van der Waals surface area contributed by atoms with Gasteiger partial charge in [-0.2, -0.15) is 0 Å². The van der Waals surface area contributed by atoms with E-state index in [-0.39, 0.29) is 11.1 Å². The van der Waals surface area contributed by atoms with Crippen LogP contribution in [-0.2, 0) is 14.1 Å². The van der Waals surface area contributed by atoms with E-state index >= 15 is 0 Å². The zero-order valence-corrected chi connectivity index (χ0v) is 10.3. The number of carboxylic acids is 1. The number of fused-ring (bicyclic) bond motifs is 1. The Morgan fingerprint density at radius 1 is 1.28 bits per heavy atom. The maximum absolute atomic E-state index is 12.1. The summed E-state index contributed by atoms with van der Waals surface area (Å²) in [5, 5.41) is 9.53. The Hall–Kier alpha value is -2.04. The van der Waals surface area contributed by atoms with E-state index in [1.807, 2.05) is 6.20 Å². The number of aryl methyl sites for hydroxylation is 2. The quantitative estimate of drug-likeness (QED) is 0.872. The second-order valence-corrected chi connectivity index (χ2v) is 4.96. The van der Waals surface area contributed by atoms with Crippen molar-refractivity contribution in [1.82, 2.24) is 9.13 Å². The van der Waals surface area contributed by atoms with Gasteiger partial charge in [0, 0.05) is 26.5 Å². The number of carbonyl (C=O) groups is 1. The van der Waals surface area contributed by atoms with Gasteiger partial charge in [0.05, 0.1) is 16.5 Å². The molecule has 0 bridgehead atoms. The summed E-state index contributed by atoms with van der Waals surface area (Å²) >= 11 is 0. The van der Waals surface area contributed by atoms with Crippen molar-refractivity contribution in [2.45, 2.75) is 18.8 Å². The molecular formula is C13H14N2O3. The van der Waals surface area contributed by atoms with Crippen molar-refractivity contribution < 1.29 is 9.90 Å². The summed E-state index contributed by atoms with van der Waals surface area (Å²) in [5.74, 6) is -0.583. The Kier molecular flexibility index (Phi) is 2.14. The second kappa shape index (κ2) is 3.48. The maximum Gasteiger partial charge on any atom is 0.338 e. The molecule has 94 valence electrons. The van der Waals surface area contributed by atoms with Crippen LogP contribution in [0.1, 0.15) is 34.7 Å². The van der Waals surface area contributed by atoms with Crippen molar-refractivity contribution in [2.24, 2.45) is 14.1 Å². The molecule has 0 aromatic carbocycles. The lowest BCUT2D eigenvalue weighted by Crippen LogP contribution is -2.18. The largest absolute Gasteiger partial charge is 0.478 e. The molecule has 3 rings (SSSR count). The molecule has 2 heterocycles. The fourth-order valence-electron chi connectivity index (χ4n) is 2.55. The Bertz CT molecular complexity index is 720. The molecule has 2 aromatic rings. The third-order valence-electron chi connectivity index (χ3n) is 3.57. The number of carboxylic acid groups (broad SMARTS) is 1. The molecule has 0 radical (unpaired) electrons. The first kappa shape index (κ1) is 11.1. The molecule has 18 heavy (non-hydrogen) atoms. The molecule has 0 saturated heterocycles. The number of aromatic nitrogens is 2. The molecule has 0 spiro atoms. The lowest BCUT2D eigenvalue weighted by Gasteiger charge is -2.07. The van der Waals surface area contributed by atoms with E-state index < -0.39 is 5.97 Å². The topological polar surface area (TPSA) is 64.2 Å². The fraction of sp³-hybridized carbons (Fsp3) is 0.385. The van der Waals surface area contributed by atoms with Gasteiger partial charge >= 0.3 is 5.97 Å². The molecular weight excluding hydrogens is 232 g/mol. The lowest BCUT2D eigenvalue weighted by molar-refractivity contribution is 0.0698. The van der Waals surface area contributed by atoms with E-state index in [1.165, 1.54) is 10.8 Å². The van der Waals surface area contributed by atoms with Crippen LogP contribution >= 0.6 is 0 Å². The van der Waals surface area contributed by atoms with Crippen LogP contribution in [0.5, 0.6) is 0 Å². The standard InChI is InChI=1S/C13H14N2O3/c1-14-6-9(13(17)18)10-11(14)8(7-3-4-7)5-15(2)12(10)16/h5-7H,3-4H2,1-2H3,(H,17,18). The summed E-state index contributed by atoms with van der Waals surface area (Å²) in [6.07, 6.45) is 5.59. The highest BCUT2D eigenvalue weighted by Gasteiger charge is 2.29. The van der Waals surface area contributed by atoms with Crippen LogP contribution < -0.4 is 5.56 Å². The molecule has 1 aliphatic carbocycles. The minimum Gasteiger partial charge on any atom is -0.478 e. The van der Waals surface area contributed by atoms with E-state index in [4.69, 9.17) is 0 Å². The monoisotopic (exact) mass is 246 g/mol. The molecule has 1 fully saturated rings. The van der Waals surface area contributed by atoms with Crippen LogP contribution in [0.15, 0.2) is 17.2 Å². The summed E-state index contributed by atoms with van der Waals surface area (Å²) in [7, 11) is 3.46. The number of nitrogens with zero attached hydrogens (tertiary/aromatic N) is 2. The number of pyridine rings is 1. The Morgan fingerprint density at radius 3 is 2.50 bits per heavy atom. The van der Waals surface area contributed by atoms with Gasteiger partial charge in [0.15, 0.2) is 0 Å². The SMILES string of the molecule is Cn1cc(C2CC2)c2c(c(C(=O)O)cn2C)c1=O. The van der Waals surface area contributed by atoms with Gasteiger partial charge < -0.3 is 14.2 Å². The number of aromatic carboxylic acids is 1. The predicted molar refractivity (Wildman–Crippen MR) is 67.1 cm³/mol. The first-order valence-electron chi connectivity index (χ1n) is 5.92. The van der Waals surface area contributed by atoms with Crippen LogP contribution in [0.3, 0.4) is 0 Å². The molecule has 0 amide bonds. The third kappa shape index (κ3) is 1.40. The second-order valence-electron chi connectivity index (χ2n) is 4.96. The average Bonchev–Trinajstić information content (AvgIpc) is 3.08. The molecule has 0 unspecified atom stereocenters. The molecule has 0 atom stereocenters. The Balaban J connectivity index is 2.50. The molecule has 2 aromatic heterocycles. The third-order valence-corrected chi connectivity index (χ3v) is 3.57. The summed E-state index contributed by atoms with van der Waals surface area (Å²) in [5.41, 5.74) is 1.71. The smallest absolute Gasteiger partial charge is 0.338 e. The van der Waals surface area contributed by atoms with Crippen LogP contribution in [0.2, 0.25) is 0 Å². The van der Waals surface area contributed by atoms with Crippen molar-refractivity contribution in [3.63, 3.8) is 0 Å². The van der Waals surface area contributed by atoms with E-state index in [0.717, 1.165) is 23.9 Å². The zero-order valence-electron chi connectivity index (χ0n) is 10.3. The number of rotatable bonds is 2. The zero-order chi connectivity index (χ0) is 13.0. The van der Waals surface area contributed by atoms with Gasteiger partial charge in [-0.3, -0.25) is 4.79 Å². The van der Waals surface area contributed by atoms with E-state index in [1.54, 1.807) is 18.7 Å². The van der Waals surface area contributed by atoms with E-state index in [9.17, 15) is 14.7 Å². The predicted octanol–water partition coefficient (Wildman–Crippen LogP) is 1.45. The number of hydrogen-bond acceptors (Lipinski definition) is 2. The van der Waals surface area contributed by atoms with Gasteiger partial charge in [0.1, 0.15) is 0 Å². The van der Waals surface area contributed by atoms with Crippen molar-refractivity contribution >= 4 is 16.9 Å². The minimum absolute atomic E-state index is 0.0931. The molecule has 1 N–H and O–H groups in total. The van der Waals surface area contributed by atoms with E-state index in [2.05, 4.69) is 0 Å². The summed E-state index contributed by atoms with van der Waals surface area (Å²) in [6.45, 7) is 0. The highest BCUT2D eigenvalue weighted by Crippen LogP contribution is 2.42. The Morgan fingerprint density at radius 2 is 1.94 bits per heavy atom. The van der Waals surface area contributed by atoms with E-state index in [0.29, 0.717) is 11.3 Å². The van der Waals surface area contributed by atoms with Crippen LogP contribution in [0.4, 0.5) is 0 Å². The minimum atomic E-state index is -1.05. The summed E-state index contributed by atoms with van der Waals surface area (Å²) in [6, 6.07) is 0. The molecule has 1 saturated carbocycles. The molecule has 1 aliphatic rings. The number of hydrogen-bond donors (Lipinski definition) is 1. The van der Waals surface area contributed by atoms with Gasteiger partial charge in [-0.1, -0.05) is 0 Å². The van der Waals surface area contributed by atoms with Crippen molar-refractivity contribution in [3.05, 3.63) is 33.9 Å². The first-order chi connectivity index (χ1) is 8.50. The van der Waals surface area contributed by atoms with Gasteiger partial charge in [-0.05, 0) is 24.3 Å². The average molecular weight is 246 g/mol. The fourth-order valence-corrected chi connectivity index (χ4v) is 2.55. The van der Waals surface area contributed by atoms with Gasteiger partial charge in [-0.15, -0.1) is 0 Å². The van der Waals surface area contributed by atoms with Gasteiger partial charge in [0.25, 0.3) is 5.56 Å². The summed E-state index contributed by atoms with van der Waals surface area (Å²) in [4.78, 5) is 23.4. The highest BCUT2D eigenvalue weighted by atomic mass is 16.4. The molecule has 5 heteroatoms. The van der Waals surface area contributed by atoms with Crippen molar-refractivity contribution in [2.75, 3.05) is 0 Å². The molecule has 0 aliphatic heterocycles. The first-order valence-corrected chi connectivity index (χ1v) is 5.92. The molecule has 5 nitrogen and oxygen atoms in total. The lowest BCUT2D eigenvalue weighted by atomic mass is 10.1. The highest BCUT2D eigenvalue weighted by molar-refractivity contribution is 6.04. The Labute approximate surface area is 103 Å². The van der Waals surface area contributed by atoms with Crippen molar-refractivity contribution in [3.8, 4) is 0 Å². The summed E-state index contributed by atoms with van der Waals surface area (Å²) < 4.78 is 3.25. The van der Waals surface area contributed by atoms with Crippen LogP contribution in [0.25, 0.3) is 10.9 Å². The van der Waals surface area contributed by atoms with Gasteiger partial charge in [0.2, 0.25) is 0 Å². The van der Waals surface area contributed by atoms with Crippen LogP contribution in [0, 0.1) is 0 Å². The van der Waals surface area contributed by atoms with Crippen LogP contribution in [-0.4, -0.2) is 20.2 Å².